The maximum absolute atomic E-state index is 6.05. The van der Waals surface area contributed by atoms with Gasteiger partial charge in [-0.25, -0.2) is 0 Å². The van der Waals surface area contributed by atoms with Crippen molar-refractivity contribution in [3.05, 3.63) is 57.0 Å². The first-order valence-corrected chi connectivity index (χ1v) is 7.64. The van der Waals surface area contributed by atoms with Crippen molar-refractivity contribution < 1.29 is 0 Å². The van der Waals surface area contributed by atoms with Crippen LogP contribution in [0.5, 0.6) is 0 Å². The minimum Gasteiger partial charge on any atom is -0.332 e. The van der Waals surface area contributed by atoms with Gasteiger partial charge in [-0.2, -0.15) is 0 Å². The highest BCUT2D eigenvalue weighted by Crippen LogP contribution is 2.25. The van der Waals surface area contributed by atoms with E-state index in [1.165, 1.54) is 11.1 Å². The lowest BCUT2D eigenvalue weighted by atomic mass is 10.1. The van der Waals surface area contributed by atoms with Gasteiger partial charge in [0.25, 0.3) is 0 Å². The Balaban J connectivity index is 2.09. The summed E-state index contributed by atoms with van der Waals surface area (Å²) in [6.45, 7) is 4.14. The molecule has 104 valence electrons. The van der Waals surface area contributed by atoms with Crippen LogP contribution in [0.3, 0.4) is 0 Å². The lowest BCUT2D eigenvalue weighted by Gasteiger charge is -2.14. The summed E-state index contributed by atoms with van der Waals surface area (Å²) in [6, 6.07) is 11.7. The lowest BCUT2D eigenvalue weighted by Crippen LogP contribution is -2.19. The molecule has 0 radical (unpaired) electrons. The number of benzene rings is 2. The molecule has 0 aliphatic heterocycles. The average Bonchev–Trinajstić information content (AvgIpc) is 2.39. The van der Waals surface area contributed by atoms with Gasteiger partial charge in [0.15, 0.2) is 5.11 Å². The third-order valence-electron chi connectivity index (χ3n) is 3.03. The third kappa shape index (κ3) is 3.72. The highest BCUT2D eigenvalue weighted by Gasteiger charge is 2.04. The number of hydrogen-bond acceptors (Lipinski definition) is 1. The number of thiocarbonyl (C=S) groups is 1. The van der Waals surface area contributed by atoms with E-state index >= 15 is 0 Å². The number of halogens is 2. The molecular weight excluding hydrogens is 356 g/mol. The summed E-state index contributed by atoms with van der Waals surface area (Å²) in [5.74, 6) is 0. The van der Waals surface area contributed by atoms with Crippen molar-refractivity contribution in [1.29, 1.82) is 0 Å². The summed E-state index contributed by atoms with van der Waals surface area (Å²) in [6.07, 6.45) is 0. The average molecular weight is 370 g/mol. The molecule has 0 atom stereocenters. The Kier molecular flexibility index (Phi) is 5.02. The van der Waals surface area contributed by atoms with Gasteiger partial charge in [-0.3, -0.25) is 0 Å². The summed E-state index contributed by atoms with van der Waals surface area (Å²) in [5.41, 5.74) is 4.27. The molecule has 0 unspecified atom stereocenters. The fourth-order valence-corrected chi connectivity index (χ4v) is 2.40. The van der Waals surface area contributed by atoms with Gasteiger partial charge in [0.2, 0.25) is 0 Å². The van der Waals surface area contributed by atoms with Crippen molar-refractivity contribution in [2.24, 2.45) is 0 Å². The molecule has 2 aromatic carbocycles. The van der Waals surface area contributed by atoms with Gasteiger partial charge in [0.1, 0.15) is 0 Å². The van der Waals surface area contributed by atoms with Crippen molar-refractivity contribution in [1.82, 2.24) is 0 Å². The molecule has 0 fully saturated rings. The monoisotopic (exact) mass is 368 g/mol. The van der Waals surface area contributed by atoms with Crippen LogP contribution in [0.2, 0.25) is 5.02 Å². The van der Waals surface area contributed by atoms with Crippen molar-refractivity contribution in [2.45, 2.75) is 13.8 Å². The van der Waals surface area contributed by atoms with Crippen LogP contribution >= 0.6 is 39.7 Å². The first-order chi connectivity index (χ1) is 9.47. The predicted molar refractivity (Wildman–Crippen MR) is 94.9 cm³/mol. The van der Waals surface area contributed by atoms with Crippen LogP contribution in [0.1, 0.15) is 11.1 Å². The first kappa shape index (κ1) is 15.3. The molecule has 0 amide bonds. The fraction of sp³-hybridized carbons (Fsp3) is 0.133. The molecule has 2 nitrogen and oxygen atoms in total. The Bertz CT molecular complexity index is 658. The van der Waals surface area contributed by atoms with E-state index in [1.54, 1.807) is 0 Å². The van der Waals surface area contributed by atoms with Gasteiger partial charge in [0.05, 0.1) is 5.02 Å². The lowest BCUT2D eigenvalue weighted by molar-refractivity contribution is 1.34. The number of hydrogen-bond donors (Lipinski definition) is 2. The number of nitrogens with one attached hydrogen (secondary N) is 2. The smallest absolute Gasteiger partial charge is 0.175 e. The Labute approximate surface area is 137 Å². The van der Waals surface area contributed by atoms with Crippen LogP contribution in [0, 0.1) is 13.8 Å². The second-order valence-electron chi connectivity index (χ2n) is 4.46. The summed E-state index contributed by atoms with van der Waals surface area (Å²) in [7, 11) is 0. The normalized spacial score (nSPS) is 10.2. The van der Waals surface area contributed by atoms with Crippen LogP contribution in [0.15, 0.2) is 40.9 Å². The standard InChI is InChI=1S/C15H14BrClN2S/c1-9-4-3-5-14(10(9)2)19-15(20)18-11-6-7-12(16)13(17)8-11/h3-8H,1-2H3,(H2,18,19,20). The second-order valence-corrected chi connectivity index (χ2v) is 6.13. The molecule has 0 aromatic heterocycles. The molecule has 0 saturated heterocycles. The first-order valence-electron chi connectivity index (χ1n) is 6.06. The molecule has 2 rings (SSSR count). The largest absolute Gasteiger partial charge is 0.332 e. The Morgan fingerprint density at radius 2 is 1.90 bits per heavy atom. The fourth-order valence-electron chi connectivity index (χ4n) is 1.75. The van der Waals surface area contributed by atoms with Gasteiger partial charge < -0.3 is 10.6 Å². The van der Waals surface area contributed by atoms with E-state index in [9.17, 15) is 0 Å². The van der Waals surface area contributed by atoms with Gasteiger partial charge in [0, 0.05) is 15.8 Å². The van der Waals surface area contributed by atoms with E-state index in [4.69, 9.17) is 23.8 Å². The zero-order valence-corrected chi connectivity index (χ0v) is 14.3. The molecule has 0 heterocycles. The predicted octanol–water partition coefficient (Wildman–Crippen LogP) is 5.53. The molecule has 2 aromatic rings. The second kappa shape index (κ2) is 6.57. The van der Waals surface area contributed by atoms with Crippen LogP contribution in [0.4, 0.5) is 11.4 Å². The maximum atomic E-state index is 6.05. The molecule has 0 saturated carbocycles. The van der Waals surface area contributed by atoms with Gasteiger partial charge in [-0.15, -0.1) is 0 Å². The summed E-state index contributed by atoms with van der Waals surface area (Å²) in [5, 5.41) is 7.50. The molecule has 20 heavy (non-hydrogen) atoms. The van der Waals surface area contributed by atoms with Crippen molar-refractivity contribution >= 4 is 56.2 Å². The van der Waals surface area contributed by atoms with Gasteiger partial charge >= 0.3 is 0 Å². The molecule has 5 heteroatoms. The SMILES string of the molecule is Cc1cccc(NC(=S)Nc2ccc(Br)c(Cl)c2)c1C. The maximum Gasteiger partial charge on any atom is 0.175 e. The van der Waals surface area contributed by atoms with Crippen molar-refractivity contribution in [3.8, 4) is 0 Å². The van der Waals surface area contributed by atoms with E-state index in [0.29, 0.717) is 10.1 Å². The highest BCUT2D eigenvalue weighted by atomic mass is 79.9. The number of anilines is 2. The van der Waals surface area contributed by atoms with E-state index in [-0.39, 0.29) is 0 Å². The zero-order chi connectivity index (χ0) is 14.7. The minimum atomic E-state index is 0.539. The quantitative estimate of drug-likeness (QED) is 0.681. The molecular formula is C15H14BrClN2S. The summed E-state index contributed by atoms with van der Waals surface area (Å²) < 4.78 is 0.859. The number of rotatable bonds is 2. The van der Waals surface area contributed by atoms with E-state index < -0.39 is 0 Å². The minimum absolute atomic E-state index is 0.539. The topological polar surface area (TPSA) is 24.1 Å². The van der Waals surface area contributed by atoms with E-state index in [2.05, 4.69) is 46.5 Å². The Morgan fingerprint density at radius 3 is 2.60 bits per heavy atom. The van der Waals surface area contributed by atoms with Crippen LogP contribution in [-0.2, 0) is 0 Å². The molecule has 0 aliphatic rings. The molecule has 0 aliphatic carbocycles. The van der Waals surface area contributed by atoms with E-state index in [1.807, 2.05) is 30.3 Å². The van der Waals surface area contributed by atoms with Crippen LogP contribution < -0.4 is 10.6 Å². The van der Waals surface area contributed by atoms with E-state index in [0.717, 1.165) is 15.8 Å². The Hall–Kier alpha value is -1.10. The van der Waals surface area contributed by atoms with Crippen molar-refractivity contribution in [2.75, 3.05) is 10.6 Å². The summed E-state index contributed by atoms with van der Waals surface area (Å²) in [4.78, 5) is 0. The molecule has 2 N–H and O–H groups in total. The molecule has 0 spiro atoms. The highest BCUT2D eigenvalue weighted by molar-refractivity contribution is 9.10. The molecule has 0 bridgehead atoms. The zero-order valence-electron chi connectivity index (χ0n) is 11.1. The van der Waals surface area contributed by atoms with Crippen LogP contribution in [-0.4, -0.2) is 5.11 Å². The van der Waals surface area contributed by atoms with Crippen molar-refractivity contribution in [3.63, 3.8) is 0 Å². The van der Waals surface area contributed by atoms with Crippen LogP contribution in [0.25, 0.3) is 0 Å². The Morgan fingerprint density at radius 1 is 1.15 bits per heavy atom. The summed E-state index contributed by atoms with van der Waals surface area (Å²) >= 11 is 14.7. The third-order valence-corrected chi connectivity index (χ3v) is 4.47. The number of aryl methyl sites for hydroxylation is 1. The van der Waals surface area contributed by atoms with Gasteiger partial charge in [-0.1, -0.05) is 23.7 Å². The van der Waals surface area contributed by atoms with Gasteiger partial charge in [-0.05, 0) is 77.4 Å².